The van der Waals surface area contributed by atoms with Crippen LogP contribution < -0.4 is 21.5 Å². The van der Waals surface area contributed by atoms with E-state index < -0.39 is 18.6 Å². The van der Waals surface area contributed by atoms with Crippen molar-refractivity contribution in [2.75, 3.05) is 50.0 Å². The van der Waals surface area contributed by atoms with Crippen molar-refractivity contribution in [3.8, 4) is 11.1 Å². The highest BCUT2D eigenvalue weighted by atomic mass is 19.1. The van der Waals surface area contributed by atoms with E-state index in [1.807, 2.05) is 32.0 Å². The summed E-state index contributed by atoms with van der Waals surface area (Å²) in [5, 5.41) is 9.20. The molecular formula is C32H35FN6O4. The number of morpholine rings is 1. The summed E-state index contributed by atoms with van der Waals surface area (Å²) in [6, 6.07) is 13.0. The molecule has 3 heterocycles. The SMILES string of the molecule is Cc1cc2c(cn1)cc(-c1cc(NC(=O)c3cc(CF)ccc3NC(=O)NCCN3CCOCC3)ccc1C)c(=O)n2C. The maximum Gasteiger partial charge on any atom is 0.319 e. The van der Waals surface area contributed by atoms with Crippen LogP contribution in [0.2, 0.25) is 0 Å². The Bertz CT molecular complexity index is 1730. The third kappa shape index (κ3) is 6.90. The van der Waals surface area contributed by atoms with Crippen LogP contribution in [0.1, 0.15) is 27.2 Å². The molecule has 5 rings (SSSR count). The van der Waals surface area contributed by atoms with Crippen molar-refractivity contribution in [3.05, 3.63) is 87.5 Å². The van der Waals surface area contributed by atoms with E-state index >= 15 is 0 Å². The van der Waals surface area contributed by atoms with Gasteiger partial charge in [-0.25, -0.2) is 9.18 Å². The summed E-state index contributed by atoms with van der Waals surface area (Å²) in [6.45, 7) is 7.06. The number of benzene rings is 2. The van der Waals surface area contributed by atoms with Crippen LogP contribution in [0.5, 0.6) is 0 Å². The minimum atomic E-state index is -0.763. The molecule has 43 heavy (non-hydrogen) atoms. The number of carbonyl (C=O) groups is 2. The van der Waals surface area contributed by atoms with Crippen molar-refractivity contribution in [3.63, 3.8) is 0 Å². The lowest BCUT2D eigenvalue weighted by atomic mass is 9.99. The Morgan fingerprint density at radius 2 is 1.79 bits per heavy atom. The maximum atomic E-state index is 13.5. The number of aromatic nitrogens is 2. The summed E-state index contributed by atoms with van der Waals surface area (Å²) in [6.07, 6.45) is 1.74. The highest BCUT2D eigenvalue weighted by molar-refractivity contribution is 6.10. The van der Waals surface area contributed by atoms with Gasteiger partial charge in [-0.3, -0.25) is 19.5 Å². The van der Waals surface area contributed by atoms with E-state index in [1.54, 1.807) is 29.9 Å². The smallest absolute Gasteiger partial charge is 0.319 e. The summed E-state index contributed by atoms with van der Waals surface area (Å²) in [5.41, 5.74) is 4.52. The molecule has 0 saturated carbocycles. The lowest BCUT2D eigenvalue weighted by Gasteiger charge is -2.26. The molecule has 1 saturated heterocycles. The van der Waals surface area contributed by atoms with E-state index in [9.17, 15) is 18.8 Å². The average Bonchev–Trinajstić information content (AvgIpc) is 3.01. The molecular weight excluding hydrogens is 551 g/mol. The summed E-state index contributed by atoms with van der Waals surface area (Å²) in [4.78, 5) is 46.0. The summed E-state index contributed by atoms with van der Waals surface area (Å²) in [5.74, 6) is -0.528. The molecule has 3 N–H and O–H groups in total. The van der Waals surface area contributed by atoms with Gasteiger partial charge in [-0.1, -0.05) is 12.1 Å². The number of amides is 3. The zero-order valence-corrected chi connectivity index (χ0v) is 24.5. The quantitative estimate of drug-likeness (QED) is 0.282. The predicted octanol–water partition coefficient (Wildman–Crippen LogP) is 4.39. The molecule has 1 aliphatic heterocycles. The topological polar surface area (TPSA) is 118 Å². The Labute approximate surface area is 248 Å². The number of aryl methyl sites for hydroxylation is 3. The summed E-state index contributed by atoms with van der Waals surface area (Å²) >= 11 is 0. The lowest BCUT2D eigenvalue weighted by molar-refractivity contribution is 0.0388. The van der Waals surface area contributed by atoms with Gasteiger partial charge in [0.25, 0.3) is 11.5 Å². The molecule has 2 aromatic heterocycles. The van der Waals surface area contributed by atoms with Crippen LogP contribution in [-0.4, -0.2) is 65.8 Å². The second kappa shape index (κ2) is 13.1. The van der Waals surface area contributed by atoms with Gasteiger partial charge in [0.15, 0.2) is 0 Å². The number of nitrogens with zero attached hydrogens (tertiary/aromatic N) is 3. The van der Waals surface area contributed by atoms with Crippen molar-refractivity contribution in [1.29, 1.82) is 0 Å². The first-order valence-corrected chi connectivity index (χ1v) is 14.2. The molecule has 0 radical (unpaired) electrons. The van der Waals surface area contributed by atoms with Crippen molar-refractivity contribution < 1.29 is 18.7 Å². The molecule has 0 unspecified atom stereocenters. The molecule has 4 aromatic rings. The van der Waals surface area contributed by atoms with Crippen LogP contribution in [0.4, 0.5) is 20.6 Å². The number of rotatable bonds is 8. The predicted molar refractivity (Wildman–Crippen MR) is 165 cm³/mol. The van der Waals surface area contributed by atoms with Crippen molar-refractivity contribution in [2.45, 2.75) is 20.5 Å². The molecule has 1 fully saturated rings. The first-order chi connectivity index (χ1) is 20.7. The number of nitrogens with one attached hydrogen (secondary N) is 3. The van der Waals surface area contributed by atoms with E-state index in [-0.39, 0.29) is 16.8 Å². The van der Waals surface area contributed by atoms with Gasteiger partial charge in [0, 0.05) is 61.8 Å². The first-order valence-electron chi connectivity index (χ1n) is 14.2. The van der Waals surface area contributed by atoms with E-state index in [4.69, 9.17) is 4.74 Å². The van der Waals surface area contributed by atoms with Gasteiger partial charge in [-0.05, 0) is 66.9 Å². The highest BCUT2D eigenvalue weighted by Crippen LogP contribution is 2.28. The number of halogens is 1. The molecule has 0 spiro atoms. The fourth-order valence-electron chi connectivity index (χ4n) is 5.14. The highest BCUT2D eigenvalue weighted by Gasteiger charge is 2.18. The normalized spacial score (nSPS) is 13.6. The Morgan fingerprint density at radius 3 is 2.56 bits per heavy atom. The number of fused-ring (bicyclic) bond motifs is 1. The fourth-order valence-corrected chi connectivity index (χ4v) is 5.14. The summed E-state index contributed by atoms with van der Waals surface area (Å²) < 4.78 is 20.5. The van der Waals surface area contributed by atoms with Gasteiger partial charge in [0.05, 0.1) is 30.0 Å². The molecule has 11 heteroatoms. The Balaban J connectivity index is 1.36. The minimum Gasteiger partial charge on any atom is -0.379 e. The van der Waals surface area contributed by atoms with Gasteiger partial charge >= 0.3 is 6.03 Å². The molecule has 3 amide bonds. The number of alkyl halides is 1. The van der Waals surface area contributed by atoms with Crippen LogP contribution in [0, 0.1) is 13.8 Å². The Morgan fingerprint density at radius 1 is 1.00 bits per heavy atom. The largest absolute Gasteiger partial charge is 0.379 e. The van der Waals surface area contributed by atoms with Crippen molar-refractivity contribution in [2.24, 2.45) is 7.05 Å². The van der Waals surface area contributed by atoms with Gasteiger partial charge < -0.3 is 25.3 Å². The molecule has 0 bridgehead atoms. The molecule has 224 valence electrons. The average molecular weight is 587 g/mol. The number of hydrogen-bond donors (Lipinski definition) is 3. The van der Waals surface area contributed by atoms with E-state index in [1.165, 1.54) is 18.2 Å². The van der Waals surface area contributed by atoms with Crippen LogP contribution in [0.25, 0.3) is 22.0 Å². The number of urea groups is 1. The summed E-state index contributed by atoms with van der Waals surface area (Å²) in [7, 11) is 1.72. The molecule has 2 aromatic carbocycles. The number of anilines is 2. The second-order valence-corrected chi connectivity index (χ2v) is 10.6. The van der Waals surface area contributed by atoms with Gasteiger partial charge in [0.1, 0.15) is 6.67 Å². The third-order valence-electron chi connectivity index (χ3n) is 7.58. The van der Waals surface area contributed by atoms with Crippen LogP contribution in [0.15, 0.2) is 59.5 Å². The number of pyridine rings is 2. The molecule has 10 nitrogen and oxygen atoms in total. The number of hydrogen-bond acceptors (Lipinski definition) is 6. The van der Waals surface area contributed by atoms with Crippen molar-refractivity contribution in [1.82, 2.24) is 19.8 Å². The lowest BCUT2D eigenvalue weighted by Crippen LogP contribution is -2.42. The van der Waals surface area contributed by atoms with Crippen LogP contribution >= 0.6 is 0 Å². The van der Waals surface area contributed by atoms with E-state index in [0.29, 0.717) is 48.7 Å². The zero-order chi connectivity index (χ0) is 30.5. The third-order valence-corrected chi connectivity index (χ3v) is 7.58. The maximum absolute atomic E-state index is 13.5. The fraction of sp³-hybridized carbons (Fsp3) is 0.312. The number of ether oxygens (including phenoxy) is 1. The van der Waals surface area contributed by atoms with Gasteiger partial charge in [-0.2, -0.15) is 0 Å². The van der Waals surface area contributed by atoms with Crippen LogP contribution in [-0.2, 0) is 18.5 Å². The molecule has 1 aliphatic rings. The Kier molecular flexibility index (Phi) is 9.13. The zero-order valence-electron chi connectivity index (χ0n) is 24.5. The minimum absolute atomic E-state index is 0.115. The van der Waals surface area contributed by atoms with Crippen molar-refractivity contribution >= 4 is 34.2 Å². The molecule has 0 atom stereocenters. The monoisotopic (exact) mass is 586 g/mol. The molecule has 0 aliphatic carbocycles. The van der Waals surface area contributed by atoms with Crippen LogP contribution in [0.3, 0.4) is 0 Å². The number of carbonyl (C=O) groups excluding carboxylic acids is 2. The van der Waals surface area contributed by atoms with Gasteiger partial charge in [0.2, 0.25) is 0 Å². The van der Waals surface area contributed by atoms with E-state index in [2.05, 4.69) is 25.8 Å². The van der Waals surface area contributed by atoms with E-state index in [0.717, 1.165) is 35.2 Å². The standard InChI is InChI=1S/C32H35FN6O4/c1-20-4-6-24(17-25(20)26-16-23-19-35-21(2)14-29(23)38(3)31(26)41)36-30(40)27-15-22(18-33)5-7-28(27)37-32(42)34-8-9-39-10-12-43-13-11-39/h4-7,14-17,19H,8-13,18H2,1-3H3,(H,36,40)(H2,34,37,42). The Hall–Kier alpha value is -4.61. The van der Waals surface area contributed by atoms with Gasteiger partial charge in [-0.15, -0.1) is 0 Å². The second-order valence-electron chi connectivity index (χ2n) is 10.6. The first kappa shape index (κ1) is 29.9.